The second-order valence-corrected chi connectivity index (χ2v) is 5.09. The fourth-order valence-electron chi connectivity index (χ4n) is 2.78. The summed E-state index contributed by atoms with van der Waals surface area (Å²) in [6.07, 6.45) is 5.77. The van der Waals surface area contributed by atoms with Gasteiger partial charge < -0.3 is 15.6 Å². The number of para-hydroxylation sites is 1. The molecule has 1 aliphatic heterocycles. The van der Waals surface area contributed by atoms with Crippen LogP contribution in [0.4, 0.5) is 0 Å². The second kappa shape index (κ2) is 5.55. The first kappa shape index (κ1) is 11.8. The first-order valence-corrected chi connectivity index (χ1v) is 6.92. The number of piperidine rings is 1. The molecule has 2 heterocycles. The Balaban J connectivity index is 1.56. The summed E-state index contributed by atoms with van der Waals surface area (Å²) in [5.41, 5.74) is 2.67. The standard InChI is InChI=1S/C15H21N3/c1-2-4-15-14(3-1)12(11-18-15)5-10-17-13-6-8-16-9-7-13/h1-4,11,13,16-18H,5-10H2. The fraction of sp³-hybridized carbons (Fsp3) is 0.467. The van der Waals surface area contributed by atoms with E-state index in [-0.39, 0.29) is 0 Å². The van der Waals surface area contributed by atoms with Crippen LogP contribution in [0.3, 0.4) is 0 Å². The lowest BCUT2D eigenvalue weighted by atomic mass is 10.1. The van der Waals surface area contributed by atoms with E-state index in [2.05, 4.69) is 46.1 Å². The minimum atomic E-state index is 0.705. The van der Waals surface area contributed by atoms with Crippen molar-refractivity contribution in [3.8, 4) is 0 Å². The molecule has 1 aromatic carbocycles. The van der Waals surface area contributed by atoms with Crippen LogP contribution in [-0.2, 0) is 6.42 Å². The zero-order valence-corrected chi connectivity index (χ0v) is 10.7. The molecule has 0 bridgehead atoms. The Labute approximate surface area is 108 Å². The van der Waals surface area contributed by atoms with Crippen molar-refractivity contribution in [2.45, 2.75) is 25.3 Å². The maximum Gasteiger partial charge on any atom is 0.0456 e. The maximum absolute atomic E-state index is 3.67. The van der Waals surface area contributed by atoms with E-state index >= 15 is 0 Å². The third-order valence-corrected chi connectivity index (χ3v) is 3.84. The van der Waals surface area contributed by atoms with E-state index in [1.54, 1.807) is 0 Å². The highest BCUT2D eigenvalue weighted by Crippen LogP contribution is 2.17. The smallest absolute Gasteiger partial charge is 0.0456 e. The SMILES string of the molecule is c1ccc2c(CCNC3CCNCC3)c[nH]c2c1. The lowest BCUT2D eigenvalue weighted by Gasteiger charge is -2.23. The van der Waals surface area contributed by atoms with Gasteiger partial charge >= 0.3 is 0 Å². The highest BCUT2D eigenvalue weighted by atomic mass is 15.0. The van der Waals surface area contributed by atoms with Gasteiger partial charge in [0.05, 0.1) is 0 Å². The van der Waals surface area contributed by atoms with Gasteiger partial charge in [-0.3, -0.25) is 0 Å². The Kier molecular flexibility index (Phi) is 3.62. The van der Waals surface area contributed by atoms with Crippen molar-refractivity contribution in [2.24, 2.45) is 0 Å². The van der Waals surface area contributed by atoms with Gasteiger partial charge in [0, 0.05) is 23.1 Å². The van der Waals surface area contributed by atoms with Crippen molar-refractivity contribution in [3.63, 3.8) is 0 Å². The molecule has 1 aliphatic rings. The van der Waals surface area contributed by atoms with E-state index in [0.29, 0.717) is 6.04 Å². The molecule has 0 amide bonds. The summed E-state index contributed by atoms with van der Waals surface area (Å²) in [4.78, 5) is 3.34. The van der Waals surface area contributed by atoms with Crippen molar-refractivity contribution in [3.05, 3.63) is 36.0 Å². The van der Waals surface area contributed by atoms with Gasteiger partial charge in [-0.25, -0.2) is 0 Å². The molecule has 0 radical (unpaired) electrons. The lowest BCUT2D eigenvalue weighted by Crippen LogP contribution is -2.40. The number of aromatic amines is 1. The number of aromatic nitrogens is 1. The summed E-state index contributed by atoms with van der Waals surface area (Å²) in [6, 6.07) is 9.23. The molecule has 1 saturated heterocycles. The third kappa shape index (κ3) is 2.57. The van der Waals surface area contributed by atoms with Gasteiger partial charge in [-0.2, -0.15) is 0 Å². The van der Waals surface area contributed by atoms with E-state index in [1.165, 1.54) is 29.3 Å². The molecule has 2 aromatic rings. The van der Waals surface area contributed by atoms with Crippen LogP contribution in [0.15, 0.2) is 30.5 Å². The van der Waals surface area contributed by atoms with Gasteiger partial charge in [0.1, 0.15) is 0 Å². The molecule has 3 N–H and O–H groups in total. The minimum absolute atomic E-state index is 0.705. The van der Waals surface area contributed by atoms with Crippen LogP contribution in [0.5, 0.6) is 0 Å². The average Bonchev–Trinajstić information content (AvgIpc) is 2.84. The largest absolute Gasteiger partial charge is 0.361 e. The van der Waals surface area contributed by atoms with E-state index in [1.807, 2.05) is 0 Å². The molecule has 0 atom stereocenters. The number of hydrogen-bond donors (Lipinski definition) is 3. The molecule has 1 aromatic heterocycles. The fourth-order valence-corrected chi connectivity index (χ4v) is 2.78. The molecule has 0 aliphatic carbocycles. The zero-order valence-electron chi connectivity index (χ0n) is 10.7. The number of fused-ring (bicyclic) bond motifs is 1. The molecule has 0 saturated carbocycles. The molecule has 0 unspecified atom stereocenters. The monoisotopic (exact) mass is 243 g/mol. The van der Waals surface area contributed by atoms with Gasteiger partial charge in [0.15, 0.2) is 0 Å². The van der Waals surface area contributed by atoms with Crippen LogP contribution < -0.4 is 10.6 Å². The Bertz CT molecular complexity index is 497. The summed E-state index contributed by atoms with van der Waals surface area (Å²) < 4.78 is 0. The number of rotatable bonds is 4. The van der Waals surface area contributed by atoms with E-state index in [0.717, 1.165) is 26.1 Å². The normalized spacial score (nSPS) is 17.3. The number of hydrogen-bond acceptors (Lipinski definition) is 2. The molecule has 3 heteroatoms. The summed E-state index contributed by atoms with van der Waals surface area (Å²) in [5.74, 6) is 0. The summed E-state index contributed by atoms with van der Waals surface area (Å²) >= 11 is 0. The Morgan fingerprint density at radius 1 is 1.17 bits per heavy atom. The van der Waals surface area contributed by atoms with Gasteiger partial charge in [0.25, 0.3) is 0 Å². The number of benzene rings is 1. The molecular formula is C15H21N3. The highest BCUT2D eigenvalue weighted by Gasteiger charge is 2.11. The van der Waals surface area contributed by atoms with Gasteiger partial charge in [0.2, 0.25) is 0 Å². The van der Waals surface area contributed by atoms with Crippen LogP contribution in [-0.4, -0.2) is 30.7 Å². The van der Waals surface area contributed by atoms with Crippen molar-refractivity contribution in [2.75, 3.05) is 19.6 Å². The molecular weight excluding hydrogens is 222 g/mol. The molecule has 18 heavy (non-hydrogen) atoms. The summed E-state index contributed by atoms with van der Waals surface area (Å²) in [6.45, 7) is 3.39. The Morgan fingerprint density at radius 2 is 2.00 bits per heavy atom. The zero-order chi connectivity index (χ0) is 12.2. The van der Waals surface area contributed by atoms with Crippen molar-refractivity contribution < 1.29 is 0 Å². The molecule has 3 rings (SSSR count). The van der Waals surface area contributed by atoms with Crippen LogP contribution in [0.25, 0.3) is 10.9 Å². The van der Waals surface area contributed by atoms with Crippen LogP contribution in [0.2, 0.25) is 0 Å². The average molecular weight is 243 g/mol. The minimum Gasteiger partial charge on any atom is -0.361 e. The predicted octanol–water partition coefficient (Wildman–Crippen LogP) is 2.05. The van der Waals surface area contributed by atoms with Crippen LogP contribution in [0.1, 0.15) is 18.4 Å². The van der Waals surface area contributed by atoms with E-state index in [9.17, 15) is 0 Å². The summed E-state index contributed by atoms with van der Waals surface area (Å²) in [7, 11) is 0. The quantitative estimate of drug-likeness (QED) is 0.769. The van der Waals surface area contributed by atoms with E-state index < -0.39 is 0 Å². The molecule has 1 fully saturated rings. The van der Waals surface area contributed by atoms with Crippen molar-refractivity contribution in [1.82, 2.24) is 15.6 Å². The second-order valence-electron chi connectivity index (χ2n) is 5.09. The predicted molar refractivity (Wildman–Crippen MR) is 75.9 cm³/mol. The molecule has 3 nitrogen and oxygen atoms in total. The van der Waals surface area contributed by atoms with Gasteiger partial charge in [-0.1, -0.05) is 18.2 Å². The van der Waals surface area contributed by atoms with Crippen LogP contribution in [0, 0.1) is 0 Å². The third-order valence-electron chi connectivity index (χ3n) is 3.84. The van der Waals surface area contributed by atoms with Gasteiger partial charge in [-0.15, -0.1) is 0 Å². The number of nitrogens with one attached hydrogen (secondary N) is 3. The highest BCUT2D eigenvalue weighted by molar-refractivity contribution is 5.83. The summed E-state index contributed by atoms with van der Waals surface area (Å²) in [5, 5.41) is 8.43. The van der Waals surface area contributed by atoms with Crippen LogP contribution >= 0.6 is 0 Å². The Hall–Kier alpha value is -1.32. The van der Waals surface area contributed by atoms with Crippen molar-refractivity contribution in [1.29, 1.82) is 0 Å². The first-order valence-electron chi connectivity index (χ1n) is 6.92. The maximum atomic E-state index is 3.67. The molecule has 0 spiro atoms. The first-order chi connectivity index (χ1) is 8.93. The Morgan fingerprint density at radius 3 is 2.89 bits per heavy atom. The number of H-pyrrole nitrogens is 1. The topological polar surface area (TPSA) is 39.8 Å². The lowest BCUT2D eigenvalue weighted by molar-refractivity contribution is 0.390. The molecule has 96 valence electrons. The van der Waals surface area contributed by atoms with Crippen molar-refractivity contribution >= 4 is 10.9 Å². The van der Waals surface area contributed by atoms with Gasteiger partial charge in [-0.05, 0) is 50.5 Å². The van der Waals surface area contributed by atoms with E-state index in [4.69, 9.17) is 0 Å².